The summed E-state index contributed by atoms with van der Waals surface area (Å²) in [6.07, 6.45) is 2.31. The molecule has 0 radical (unpaired) electrons. The fraction of sp³-hybridized carbons (Fsp3) is 0.273. The molecule has 5 heteroatoms. The summed E-state index contributed by atoms with van der Waals surface area (Å²) >= 11 is 0. The summed E-state index contributed by atoms with van der Waals surface area (Å²) in [5, 5.41) is 19.3. The second-order valence-corrected chi connectivity index (χ2v) is 3.53. The average molecular weight is 218 g/mol. The average Bonchev–Trinajstić information content (AvgIpc) is 2.29. The Morgan fingerprint density at radius 1 is 1.38 bits per heavy atom. The Kier molecular flexibility index (Phi) is 3.16. The Morgan fingerprint density at radius 2 is 2.19 bits per heavy atom. The van der Waals surface area contributed by atoms with Crippen molar-refractivity contribution in [3.63, 3.8) is 0 Å². The minimum Gasteiger partial charge on any atom is -0.594 e. The second-order valence-electron chi connectivity index (χ2n) is 3.53. The molecule has 2 rings (SSSR count). The first-order valence-corrected chi connectivity index (χ1v) is 5.24. The van der Waals surface area contributed by atoms with Crippen LogP contribution in [0.15, 0.2) is 30.5 Å². The van der Waals surface area contributed by atoms with Crippen LogP contribution in [0.3, 0.4) is 0 Å². The van der Waals surface area contributed by atoms with Gasteiger partial charge in [0.25, 0.3) is 0 Å². The third kappa shape index (κ3) is 2.20. The van der Waals surface area contributed by atoms with Crippen molar-refractivity contribution < 1.29 is 4.85 Å². The van der Waals surface area contributed by atoms with E-state index in [1.807, 2.05) is 24.3 Å². The molecule has 0 aliphatic carbocycles. The topological polar surface area (TPSA) is 77.9 Å². The fourth-order valence-corrected chi connectivity index (χ4v) is 1.57. The molecule has 2 aromatic rings. The molecule has 0 atom stereocenters. The number of benzene rings is 1. The number of nitrogens with one attached hydrogen (secondary N) is 1. The monoisotopic (exact) mass is 218 g/mol. The van der Waals surface area contributed by atoms with Gasteiger partial charge >= 0.3 is 0 Å². The predicted molar refractivity (Wildman–Crippen MR) is 62.9 cm³/mol. The van der Waals surface area contributed by atoms with Crippen LogP contribution in [-0.2, 0) is 0 Å². The second kappa shape index (κ2) is 4.76. The van der Waals surface area contributed by atoms with Gasteiger partial charge in [-0.1, -0.05) is 23.0 Å². The Balaban J connectivity index is 2.34. The Hall–Kier alpha value is -1.88. The van der Waals surface area contributed by atoms with E-state index in [0.717, 1.165) is 24.0 Å². The molecule has 84 valence electrons. The van der Waals surface area contributed by atoms with Gasteiger partial charge in [-0.2, -0.15) is 0 Å². The van der Waals surface area contributed by atoms with Gasteiger partial charge in [0.05, 0.1) is 0 Å². The Bertz CT molecular complexity index is 486. The van der Waals surface area contributed by atoms with E-state index in [4.69, 9.17) is 5.73 Å². The summed E-state index contributed by atoms with van der Waals surface area (Å²) in [6.45, 7) is 1.39. The van der Waals surface area contributed by atoms with Crippen LogP contribution < -0.4 is 15.9 Å². The normalized spacial score (nSPS) is 10.6. The third-order valence-electron chi connectivity index (χ3n) is 2.34. The van der Waals surface area contributed by atoms with Crippen molar-refractivity contribution in [2.45, 2.75) is 6.42 Å². The van der Waals surface area contributed by atoms with Crippen LogP contribution in [0.4, 0.5) is 5.69 Å². The number of aromatic nitrogens is 2. The highest BCUT2D eigenvalue weighted by Gasteiger charge is 2.06. The Labute approximate surface area is 93.5 Å². The standard InChI is InChI=1S/C11H14N4O/c12-6-3-7-13-11-8-15(16)14-10-5-2-1-4-9(10)11/h1-2,4-5,8,13H,3,6-7,12H2. The highest BCUT2D eigenvalue weighted by Crippen LogP contribution is 2.18. The number of fused-ring (bicyclic) bond motifs is 1. The van der Waals surface area contributed by atoms with Gasteiger partial charge in [-0.15, -0.1) is 0 Å². The van der Waals surface area contributed by atoms with Gasteiger partial charge in [0.15, 0.2) is 0 Å². The number of hydrogen-bond acceptors (Lipinski definition) is 4. The van der Waals surface area contributed by atoms with Gasteiger partial charge in [0, 0.05) is 17.0 Å². The van der Waals surface area contributed by atoms with Crippen LogP contribution in [0.25, 0.3) is 10.9 Å². The molecule has 0 unspecified atom stereocenters. The summed E-state index contributed by atoms with van der Waals surface area (Å²) in [5.41, 5.74) is 6.91. The lowest BCUT2D eigenvalue weighted by molar-refractivity contribution is -0.665. The molecule has 0 fully saturated rings. The first-order chi connectivity index (χ1) is 7.81. The van der Waals surface area contributed by atoms with Gasteiger partial charge in [-0.25, -0.2) is 0 Å². The number of nitrogens with two attached hydrogens (primary N) is 1. The lowest BCUT2D eigenvalue weighted by Crippen LogP contribution is -2.31. The highest BCUT2D eigenvalue weighted by atomic mass is 16.5. The summed E-state index contributed by atoms with van der Waals surface area (Å²) in [4.78, 5) is 0.577. The van der Waals surface area contributed by atoms with Crippen molar-refractivity contribution in [2.75, 3.05) is 18.4 Å². The Morgan fingerprint density at radius 3 is 3.00 bits per heavy atom. The van der Waals surface area contributed by atoms with Crippen LogP contribution in [0.1, 0.15) is 6.42 Å². The largest absolute Gasteiger partial charge is 0.594 e. The van der Waals surface area contributed by atoms with Crippen molar-refractivity contribution in [2.24, 2.45) is 5.73 Å². The molecule has 5 nitrogen and oxygen atoms in total. The van der Waals surface area contributed by atoms with Crippen molar-refractivity contribution >= 4 is 16.6 Å². The summed E-state index contributed by atoms with van der Waals surface area (Å²) in [5.74, 6) is 0. The van der Waals surface area contributed by atoms with Gasteiger partial charge < -0.3 is 16.3 Å². The molecule has 0 amide bonds. The van der Waals surface area contributed by atoms with Crippen LogP contribution in [0, 0.1) is 5.21 Å². The lowest BCUT2D eigenvalue weighted by atomic mass is 10.2. The molecular weight excluding hydrogens is 204 g/mol. The minimum atomic E-state index is 0.577. The minimum absolute atomic E-state index is 0.577. The molecule has 0 saturated heterocycles. The highest BCUT2D eigenvalue weighted by molar-refractivity contribution is 5.89. The molecule has 0 bridgehead atoms. The first-order valence-electron chi connectivity index (χ1n) is 5.24. The first kappa shape index (κ1) is 10.6. The molecule has 0 aliphatic rings. The van der Waals surface area contributed by atoms with Gasteiger partial charge in [0.2, 0.25) is 6.20 Å². The van der Waals surface area contributed by atoms with Gasteiger partial charge in [0.1, 0.15) is 11.2 Å². The van der Waals surface area contributed by atoms with Crippen molar-refractivity contribution in [1.82, 2.24) is 5.10 Å². The molecule has 1 aromatic heterocycles. The van der Waals surface area contributed by atoms with E-state index in [9.17, 15) is 5.21 Å². The fourth-order valence-electron chi connectivity index (χ4n) is 1.57. The molecule has 0 aliphatic heterocycles. The predicted octanol–water partition coefficient (Wildman–Crippen LogP) is 0.629. The zero-order valence-corrected chi connectivity index (χ0v) is 8.89. The van der Waals surface area contributed by atoms with E-state index in [2.05, 4.69) is 10.4 Å². The summed E-state index contributed by atoms with van der Waals surface area (Å²) < 4.78 is 0. The zero-order chi connectivity index (χ0) is 11.4. The van der Waals surface area contributed by atoms with Crippen LogP contribution in [0.2, 0.25) is 0 Å². The molecule has 0 saturated carbocycles. The van der Waals surface area contributed by atoms with Crippen LogP contribution in [0.5, 0.6) is 0 Å². The zero-order valence-electron chi connectivity index (χ0n) is 8.89. The quantitative estimate of drug-likeness (QED) is 0.448. The van der Waals surface area contributed by atoms with E-state index < -0.39 is 0 Å². The van der Waals surface area contributed by atoms with Crippen molar-refractivity contribution in [3.05, 3.63) is 35.7 Å². The van der Waals surface area contributed by atoms with Crippen molar-refractivity contribution in [1.29, 1.82) is 0 Å². The van der Waals surface area contributed by atoms with Gasteiger partial charge in [-0.05, 0) is 19.0 Å². The molecule has 1 heterocycles. The van der Waals surface area contributed by atoms with E-state index in [-0.39, 0.29) is 0 Å². The van der Waals surface area contributed by atoms with E-state index >= 15 is 0 Å². The van der Waals surface area contributed by atoms with Gasteiger partial charge in [-0.3, -0.25) is 0 Å². The number of nitrogens with zero attached hydrogens (tertiary/aromatic N) is 2. The summed E-state index contributed by atoms with van der Waals surface area (Å²) in [6, 6.07) is 7.54. The van der Waals surface area contributed by atoms with Crippen LogP contribution in [-0.4, -0.2) is 18.2 Å². The van der Waals surface area contributed by atoms with E-state index in [0.29, 0.717) is 16.9 Å². The number of rotatable bonds is 4. The molecule has 3 N–H and O–H groups in total. The molecule has 1 aromatic carbocycles. The van der Waals surface area contributed by atoms with Crippen molar-refractivity contribution in [3.8, 4) is 0 Å². The SMILES string of the molecule is NCCCNc1c[n+]([O-])nc2ccccc12. The maximum Gasteiger partial charge on any atom is 0.233 e. The summed E-state index contributed by atoms with van der Waals surface area (Å²) in [7, 11) is 0. The maximum atomic E-state index is 11.3. The lowest BCUT2D eigenvalue weighted by Gasteiger charge is -2.07. The number of hydrogen-bond donors (Lipinski definition) is 2. The maximum absolute atomic E-state index is 11.3. The number of anilines is 1. The smallest absolute Gasteiger partial charge is 0.233 e. The van der Waals surface area contributed by atoms with E-state index in [1.54, 1.807) is 0 Å². The van der Waals surface area contributed by atoms with Crippen LogP contribution >= 0.6 is 0 Å². The molecular formula is C11H14N4O. The third-order valence-corrected chi connectivity index (χ3v) is 2.34. The molecule has 16 heavy (non-hydrogen) atoms. The van der Waals surface area contributed by atoms with E-state index in [1.165, 1.54) is 6.20 Å². The molecule has 0 spiro atoms.